The van der Waals surface area contributed by atoms with E-state index >= 15 is 0 Å². The van der Waals surface area contributed by atoms with Gasteiger partial charge in [-0.25, -0.2) is 0 Å². The van der Waals surface area contributed by atoms with Crippen LogP contribution in [0.1, 0.15) is 0 Å². The second-order valence-corrected chi connectivity index (χ2v) is 16.0. The quantitative estimate of drug-likeness (QED) is 0.0682. The fourth-order valence-corrected chi connectivity index (χ4v) is 7.68. The third-order valence-electron chi connectivity index (χ3n) is 8.29. The average molecular weight is 784 g/mol. The normalized spacial score (nSPS) is 12.7. The summed E-state index contributed by atoms with van der Waals surface area (Å²) in [6, 6.07) is 30.4. The highest BCUT2D eigenvalue weighted by Gasteiger charge is 2.23. The van der Waals surface area contributed by atoms with Gasteiger partial charge in [0.15, 0.2) is 5.75 Å². The summed E-state index contributed by atoms with van der Waals surface area (Å²) in [5.74, 6) is -0.533. The van der Waals surface area contributed by atoms with Gasteiger partial charge in [0.25, 0.3) is 30.4 Å². The topological polar surface area (TPSA) is 245 Å². The Kier molecular flexibility index (Phi) is 9.18. The molecule has 0 heterocycles. The first-order valence-corrected chi connectivity index (χ1v) is 19.9. The Morgan fingerprint density at radius 3 is 1.61 bits per heavy atom. The van der Waals surface area contributed by atoms with Crippen LogP contribution in [-0.4, -0.2) is 44.0 Å². The summed E-state index contributed by atoms with van der Waals surface area (Å²) in [6.07, 6.45) is 0. The van der Waals surface area contributed by atoms with Crippen LogP contribution in [0, 0.1) is 0 Å². The number of nitrogens with one attached hydrogen (secondary N) is 1. The molecule has 0 aliphatic heterocycles. The molecule has 0 saturated heterocycles. The van der Waals surface area contributed by atoms with E-state index in [9.17, 15) is 44.0 Å². The monoisotopic (exact) mass is 783 g/mol. The molecule has 0 radical (unpaired) electrons. The van der Waals surface area contributed by atoms with Gasteiger partial charge in [0.1, 0.15) is 15.5 Å². The number of fused-ring (bicyclic) bond motifs is 3. The van der Waals surface area contributed by atoms with Crippen LogP contribution in [0.15, 0.2) is 156 Å². The first-order valence-electron chi connectivity index (χ1n) is 15.5. The van der Waals surface area contributed by atoms with Crippen molar-refractivity contribution >= 4 is 96.8 Å². The predicted octanol–water partition coefficient (Wildman–Crippen LogP) is 9.17. The molecule has 7 aromatic rings. The lowest BCUT2D eigenvalue weighted by atomic mass is 10.1. The summed E-state index contributed by atoms with van der Waals surface area (Å²) < 4.78 is 102. The Balaban J connectivity index is 1.29. The number of anilines is 2. The van der Waals surface area contributed by atoms with Crippen LogP contribution in [0.4, 0.5) is 34.1 Å². The number of nitrogens with zero attached hydrogens (tertiary/aromatic N) is 4. The van der Waals surface area contributed by atoms with Crippen molar-refractivity contribution in [3.05, 3.63) is 121 Å². The van der Waals surface area contributed by atoms with Crippen LogP contribution < -0.4 is 5.32 Å². The molecule has 0 saturated carbocycles. The summed E-state index contributed by atoms with van der Waals surface area (Å²) in [6.45, 7) is 0. The lowest BCUT2D eigenvalue weighted by Gasteiger charge is -2.12. The number of benzene rings is 7. The lowest BCUT2D eigenvalue weighted by Crippen LogP contribution is -2.01. The summed E-state index contributed by atoms with van der Waals surface area (Å²) in [5.41, 5.74) is 1.37. The average Bonchev–Trinajstić information content (AvgIpc) is 3.12. The molecule has 0 atom stereocenters. The maximum atomic E-state index is 12.5. The Hall–Kier alpha value is -6.15. The van der Waals surface area contributed by atoms with Gasteiger partial charge in [0.2, 0.25) is 0 Å². The molecule has 272 valence electrons. The van der Waals surface area contributed by atoms with Crippen molar-refractivity contribution in [2.75, 3.05) is 5.32 Å². The molecule has 5 N–H and O–H groups in total. The predicted molar refractivity (Wildman–Crippen MR) is 201 cm³/mol. The molecule has 15 nitrogen and oxygen atoms in total. The molecule has 0 spiro atoms. The molecule has 54 heavy (non-hydrogen) atoms. The SMILES string of the molecule is O=S(=O)(O)c1ccc2c(S(=O)(=O)O)ccc(N=Nc3ccc(N=Nc4c(S(=O)(=O)O)cc5cc(Nc6ccccc6)ccc5c4O)c4ccccc34)c2c1. The number of rotatable bonds is 9. The van der Waals surface area contributed by atoms with Gasteiger partial charge in [0.05, 0.1) is 22.0 Å². The minimum atomic E-state index is -4.90. The summed E-state index contributed by atoms with van der Waals surface area (Å²) in [5, 5.41) is 32.6. The number of hydrogen-bond donors (Lipinski definition) is 5. The van der Waals surface area contributed by atoms with Gasteiger partial charge in [-0.3, -0.25) is 13.7 Å². The highest BCUT2D eigenvalue weighted by atomic mass is 32.2. The van der Waals surface area contributed by atoms with Crippen molar-refractivity contribution in [3.63, 3.8) is 0 Å². The van der Waals surface area contributed by atoms with Crippen LogP contribution in [-0.2, 0) is 30.4 Å². The zero-order valence-corrected chi connectivity index (χ0v) is 29.7. The van der Waals surface area contributed by atoms with E-state index in [0.717, 1.165) is 30.0 Å². The Labute approximate surface area is 307 Å². The van der Waals surface area contributed by atoms with Gasteiger partial charge in [-0.2, -0.15) is 25.3 Å². The zero-order valence-electron chi connectivity index (χ0n) is 27.3. The van der Waals surface area contributed by atoms with Crippen molar-refractivity contribution in [2.45, 2.75) is 14.7 Å². The Morgan fingerprint density at radius 1 is 0.444 bits per heavy atom. The van der Waals surface area contributed by atoms with Gasteiger partial charge in [-0.15, -0.1) is 20.5 Å². The summed E-state index contributed by atoms with van der Waals surface area (Å²) >= 11 is 0. The first-order chi connectivity index (χ1) is 25.6. The highest BCUT2D eigenvalue weighted by Crippen LogP contribution is 2.43. The van der Waals surface area contributed by atoms with Crippen molar-refractivity contribution in [2.24, 2.45) is 20.5 Å². The van der Waals surface area contributed by atoms with Crippen molar-refractivity contribution in [1.82, 2.24) is 0 Å². The van der Waals surface area contributed by atoms with Crippen molar-refractivity contribution in [3.8, 4) is 5.75 Å². The minimum Gasteiger partial charge on any atom is -0.505 e. The zero-order chi connectivity index (χ0) is 38.4. The van der Waals surface area contributed by atoms with E-state index in [1.54, 1.807) is 42.5 Å². The van der Waals surface area contributed by atoms with Gasteiger partial charge in [-0.1, -0.05) is 48.5 Å². The molecule has 0 amide bonds. The fourth-order valence-electron chi connectivity index (χ4n) is 5.82. The van der Waals surface area contributed by atoms with Gasteiger partial charge < -0.3 is 10.4 Å². The van der Waals surface area contributed by atoms with Gasteiger partial charge in [0, 0.05) is 38.3 Å². The summed E-state index contributed by atoms with van der Waals surface area (Å²) in [7, 11) is -14.3. The van der Waals surface area contributed by atoms with Crippen molar-refractivity contribution in [1.29, 1.82) is 0 Å². The Morgan fingerprint density at radius 2 is 1.00 bits per heavy atom. The molecule has 0 unspecified atom stereocenters. The summed E-state index contributed by atoms with van der Waals surface area (Å²) in [4.78, 5) is -1.73. The Bertz CT molecular complexity index is 3070. The molecule has 0 aliphatic rings. The molecular formula is C36H25N5O10S3. The third kappa shape index (κ3) is 7.24. The van der Waals surface area contributed by atoms with E-state index in [2.05, 4.69) is 25.8 Å². The highest BCUT2D eigenvalue weighted by molar-refractivity contribution is 7.86. The third-order valence-corrected chi connectivity index (χ3v) is 10.9. The fraction of sp³-hybridized carbons (Fsp3) is 0. The van der Waals surface area contributed by atoms with E-state index in [4.69, 9.17) is 0 Å². The van der Waals surface area contributed by atoms with E-state index in [0.29, 0.717) is 21.8 Å². The van der Waals surface area contributed by atoms with Crippen LogP contribution in [0.3, 0.4) is 0 Å². The smallest absolute Gasteiger partial charge is 0.296 e. The van der Waals surface area contributed by atoms with E-state index in [1.807, 2.05) is 30.3 Å². The molecular weight excluding hydrogens is 759 g/mol. The van der Waals surface area contributed by atoms with E-state index in [1.165, 1.54) is 24.3 Å². The standard InChI is InChI=1S/C36H25N5O10S3/c42-36-25-12-10-23(37-22-6-2-1-3-7-22)18-21(25)19-34(54(49,50)51)35(36)41-40-31-15-14-30(26-8-4-5-9-27(26)31)38-39-32-16-17-33(53(46,47)48)28-13-11-24(20-29(28)32)52(43,44)45/h1-20,37,42H,(H,43,44,45)(H,46,47,48)(H,49,50,51). The van der Waals surface area contributed by atoms with Crippen LogP contribution in [0.25, 0.3) is 32.3 Å². The van der Waals surface area contributed by atoms with Crippen LogP contribution in [0.5, 0.6) is 5.75 Å². The number of para-hydroxylation sites is 1. The molecule has 0 bridgehead atoms. The second kappa shape index (κ2) is 13.7. The number of azo groups is 2. The van der Waals surface area contributed by atoms with E-state index < -0.39 is 56.5 Å². The molecule has 18 heteroatoms. The molecule has 0 aromatic heterocycles. The lowest BCUT2D eigenvalue weighted by molar-refractivity contribution is 0.472. The van der Waals surface area contributed by atoms with Gasteiger partial charge in [-0.05, 0) is 78.2 Å². The maximum absolute atomic E-state index is 12.5. The second-order valence-electron chi connectivity index (χ2n) is 11.8. The van der Waals surface area contributed by atoms with Gasteiger partial charge >= 0.3 is 0 Å². The largest absolute Gasteiger partial charge is 0.505 e. The molecule has 0 aliphatic carbocycles. The number of aromatic hydroxyl groups is 1. The van der Waals surface area contributed by atoms with Crippen molar-refractivity contribution < 1.29 is 44.0 Å². The molecule has 7 aromatic carbocycles. The number of phenolic OH excluding ortho intramolecular Hbond substituents is 1. The van der Waals surface area contributed by atoms with Crippen LogP contribution in [0.2, 0.25) is 0 Å². The first kappa shape index (κ1) is 36.2. The van der Waals surface area contributed by atoms with Crippen LogP contribution >= 0.6 is 0 Å². The minimum absolute atomic E-state index is 0.00299. The number of hydrogen-bond acceptors (Lipinski definition) is 12. The number of phenols is 1. The van der Waals surface area contributed by atoms with E-state index in [-0.39, 0.29) is 33.2 Å². The molecule has 0 fully saturated rings. The molecule has 7 rings (SSSR count). The maximum Gasteiger partial charge on any atom is 0.296 e.